The Kier molecular flexibility index (Phi) is 2.59. The van der Waals surface area contributed by atoms with Gasteiger partial charge in [-0.15, -0.1) is 0 Å². The molecule has 0 aliphatic carbocycles. The molecule has 0 saturated heterocycles. The number of amidine groups is 1. The fourth-order valence-corrected chi connectivity index (χ4v) is 2.90. The van der Waals surface area contributed by atoms with Crippen LogP contribution in [-0.2, 0) is 0 Å². The van der Waals surface area contributed by atoms with Gasteiger partial charge >= 0.3 is 68.8 Å². The summed E-state index contributed by atoms with van der Waals surface area (Å²) in [4.78, 5) is 4.13. The third-order valence-corrected chi connectivity index (χ3v) is 5.12. The number of nitrogens with zero attached hydrogens (tertiary/aromatic N) is 1. The predicted octanol–water partition coefficient (Wildman–Crippen LogP) is 0.241. The van der Waals surface area contributed by atoms with Crippen LogP contribution >= 0.6 is 22.6 Å². The van der Waals surface area contributed by atoms with Crippen molar-refractivity contribution in [1.29, 1.82) is 0 Å². The van der Waals surface area contributed by atoms with Gasteiger partial charge in [-0.2, -0.15) is 0 Å². The Morgan fingerprint density at radius 3 is 3.00 bits per heavy atom. The first kappa shape index (κ1) is 6.83. The molecule has 0 bridgehead atoms. The van der Waals surface area contributed by atoms with Gasteiger partial charge in [0, 0.05) is 0 Å². The van der Waals surface area contributed by atoms with Crippen LogP contribution in [0.3, 0.4) is 0 Å². The summed E-state index contributed by atoms with van der Waals surface area (Å²) >= 11 is 2.92. The van der Waals surface area contributed by atoms with E-state index in [2.05, 4.69) is 27.6 Å². The van der Waals surface area contributed by atoms with Crippen molar-refractivity contribution in [2.75, 3.05) is 6.54 Å². The maximum atomic E-state index is 5.47. The van der Waals surface area contributed by atoms with Crippen molar-refractivity contribution in [1.82, 2.24) is 0 Å². The maximum absolute atomic E-state index is 5.47. The van der Waals surface area contributed by atoms with Gasteiger partial charge in [-0.25, -0.2) is 0 Å². The minimum atomic E-state index is 0.504. The van der Waals surface area contributed by atoms with Crippen LogP contribution in [0, 0.1) is 0 Å². The zero-order chi connectivity index (χ0) is 5.98. The molecule has 2 N–H and O–H groups in total. The predicted molar refractivity (Wildman–Crippen MR) is 44.9 cm³/mol. The molecule has 0 amide bonds. The van der Waals surface area contributed by atoms with E-state index in [1.807, 2.05) is 0 Å². The molecule has 2 nitrogen and oxygen atoms in total. The summed E-state index contributed by atoms with van der Waals surface area (Å²) in [5, 5.41) is 1.27. The molecule has 0 aromatic carbocycles. The Morgan fingerprint density at radius 2 is 2.62 bits per heavy atom. The van der Waals surface area contributed by atoms with E-state index in [1.54, 1.807) is 0 Å². The first-order chi connectivity index (χ1) is 3.79. The third kappa shape index (κ3) is 1.91. The SMILES string of the molecule is NC1=NCC(I)C[Se]1. The van der Waals surface area contributed by atoms with E-state index in [0.717, 1.165) is 15.2 Å². The number of rotatable bonds is 0. The molecule has 1 atom stereocenters. The second-order valence-corrected chi connectivity index (χ2v) is 5.53. The second kappa shape index (κ2) is 3.03. The second-order valence-electron chi connectivity index (χ2n) is 1.59. The van der Waals surface area contributed by atoms with Crippen LogP contribution in [0.2, 0.25) is 5.32 Å². The van der Waals surface area contributed by atoms with Crippen molar-refractivity contribution in [2.45, 2.75) is 9.24 Å². The number of hydrogen-bond acceptors (Lipinski definition) is 2. The molecule has 1 unspecified atom stereocenters. The first-order valence-electron chi connectivity index (χ1n) is 2.36. The van der Waals surface area contributed by atoms with E-state index < -0.39 is 0 Å². The van der Waals surface area contributed by atoms with Gasteiger partial charge in [0.1, 0.15) is 0 Å². The molecule has 0 aromatic heterocycles. The Morgan fingerprint density at radius 1 is 1.88 bits per heavy atom. The van der Waals surface area contributed by atoms with Crippen LogP contribution in [0.4, 0.5) is 0 Å². The van der Waals surface area contributed by atoms with Crippen molar-refractivity contribution >= 4 is 42.3 Å². The van der Waals surface area contributed by atoms with E-state index >= 15 is 0 Å². The Balaban J connectivity index is 2.42. The summed E-state index contributed by atoms with van der Waals surface area (Å²) in [5.74, 6) is 0. The molecule has 0 spiro atoms. The molecule has 0 fully saturated rings. The van der Waals surface area contributed by atoms with Gasteiger partial charge in [0.05, 0.1) is 0 Å². The molecule has 0 saturated carbocycles. The van der Waals surface area contributed by atoms with Crippen LogP contribution in [0.25, 0.3) is 0 Å². The molecule has 1 aliphatic heterocycles. The molecule has 8 heavy (non-hydrogen) atoms. The van der Waals surface area contributed by atoms with Crippen molar-refractivity contribution in [2.24, 2.45) is 10.7 Å². The van der Waals surface area contributed by atoms with Crippen molar-refractivity contribution < 1.29 is 0 Å². The average molecular weight is 289 g/mol. The first-order valence-corrected chi connectivity index (χ1v) is 5.67. The van der Waals surface area contributed by atoms with E-state index in [9.17, 15) is 0 Å². The summed E-state index contributed by atoms with van der Waals surface area (Å²) in [5.41, 5.74) is 5.47. The van der Waals surface area contributed by atoms with Crippen LogP contribution in [0.15, 0.2) is 4.99 Å². The fourth-order valence-electron chi connectivity index (χ4n) is 0.463. The number of halogens is 1. The van der Waals surface area contributed by atoms with Gasteiger partial charge in [0.2, 0.25) is 0 Å². The zero-order valence-electron chi connectivity index (χ0n) is 4.30. The number of hydrogen-bond donors (Lipinski definition) is 1. The molecular formula is C4H7IN2Se. The topological polar surface area (TPSA) is 38.4 Å². The van der Waals surface area contributed by atoms with Gasteiger partial charge < -0.3 is 0 Å². The summed E-state index contributed by atoms with van der Waals surface area (Å²) in [6, 6.07) is 0. The van der Waals surface area contributed by atoms with Gasteiger partial charge in [-0.1, -0.05) is 0 Å². The van der Waals surface area contributed by atoms with Gasteiger partial charge in [-0.3, -0.25) is 0 Å². The normalized spacial score (nSPS) is 29.6. The van der Waals surface area contributed by atoms with E-state index in [1.165, 1.54) is 5.32 Å². The average Bonchev–Trinajstić information content (AvgIpc) is 1.77. The molecule has 1 heterocycles. The van der Waals surface area contributed by atoms with E-state index in [0.29, 0.717) is 15.0 Å². The Bertz CT molecular complexity index is 115. The minimum absolute atomic E-state index is 0.504. The van der Waals surface area contributed by atoms with Gasteiger partial charge in [0.25, 0.3) is 0 Å². The molecular weight excluding hydrogens is 282 g/mol. The number of aliphatic imine (C=N–C) groups is 1. The molecule has 4 heteroatoms. The number of nitrogens with two attached hydrogens (primary N) is 1. The van der Waals surface area contributed by atoms with Crippen LogP contribution in [0.1, 0.15) is 0 Å². The van der Waals surface area contributed by atoms with E-state index in [4.69, 9.17) is 5.73 Å². The molecule has 0 radical (unpaired) electrons. The standard InChI is InChI=1S/C4H7IN2Se/c5-3-1-7-4(6)8-2-3/h3H,1-2H2,(H2,6,7). The zero-order valence-corrected chi connectivity index (χ0v) is 8.17. The van der Waals surface area contributed by atoms with E-state index in [-0.39, 0.29) is 0 Å². The molecule has 1 rings (SSSR count). The third-order valence-electron chi connectivity index (χ3n) is 0.857. The van der Waals surface area contributed by atoms with Gasteiger partial charge in [0.15, 0.2) is 0 Å². The Hall–Kier alpha value is 0.719. The van der Waals surface area contributed by atoms with Crippen molar-refractivity contribution in [3.8, 4) is 0 Å². The molecule has 46 valence electrons. The fraction of sp³-hybridized carbons (Fsp3) is 0.750. The van der Waals surface area contributed by atoms with Crippen molar-refractivity contribution in [3.63, 3.8) is 0 Å². The van der Waals surface area contributed by atoms with Crippen LogP contribution in [-0.4, -0.2) is 30.2 Å². The van der Waals surface area contributed by atoms with Crippen LogP contribution < -0.4 is 5.73 Å². The summed E-state index contributed by atoms with van der Waals surface area (Å²) in [6.07, 6.45) is 0. The number of alkyl halides is 1. The van der Waals surface area contributed by atoms with Crippen LogP contribution in [0.5, 0.6) is 0 Å². The van der Waals surface area contributed by atoms with Crippen molar-refractivity contribution in [3.05, 3.63) is 0 Å². The summed E-state index contributed by atoms with van der Waals surface area (Å²) in [6.45, 7) is 0.939. The molecule has 0 aromatic rings. The monoisotopic (exact) mass is 290 g/mol. The molecule has 1 aliphatic rings. The summed E-state index contributed by atoms with van der Waals surface area (Å²) < 4.78 is 1.64. The quantitative estimate of drug-likeness (QED) is 0.387. The summed E-state index contributed by atoms with van der Waals surface area (Å²) in [7, 11) is 0. The Labute approximate surface area is 68.6 Å². The van der Waals surface area contributed by atoms with Gasteiger partial charge in [-0.05, 0) is 0 Å².